The van der Waals surface area contributed by atoms with Crippen molar-refractivity contribution in [1.29, 1.82) is 0 Å². The van der Waals surface area contributed by atoms with Gasteiger partial charge in [0.1, 0.15) is 0 Å². The predicted molar refractivity (Wildman–Crippen MR) is 47.4 cm³/mol. The molecule has 0 aliphatic rings. The zero-order valence-corrected chi connectivity index (χ0v) is 10.3. The van der Waals surface area contributed by atoms with Crippen LogP contribution in [0.5, 0.6) is 0 Å². The number of allylic oxidation sites excluding steroid dienone is 2. The third kappa shape index (κ3) is 14800. The van der Waals surface area contributed by atoms with Crippen LogP contribution in [-0.4, -0.2) is 0 Å². The third-order valence-corrected chi connectivity index (χ3v) is 0. The molecular formula is C9H19W-. The Labute approximate surface area is 80.7 Å². The SMILES string of the molecule is C=CC.C=CC.[CH2-]CC.[W]. The normalized spacial score (nSPS) is 4.40. The van der Waals surface area contributed by atoms with Crippen LogP contribution in [0.1, 0.15) is 27.2 Å². The average Bonchev–Trinajstić information content (AvgIpc) is 1.70. The number of hydrogen-bond donors (Lipinski definition) is 0. The van der Waals surface area contributed by atoms with Crippen molar-refractivity contribution in [2.24, 2.45) is 0 Å². The van der Waals surface area contributed by atoms with Gasteiger partial charge in [0.05, 0.1) is 0 Å². The Morgan fingerprint density at radius 1 is 1.20 bits per heavy atom. The van der Waals surface area contributed by atoms with E-state index in [0.717, 1.165) is 6.42 Å². The van der Waals surface area contributed by atoms with Crippen molar-refractivity contribution in [1.82, 2.24) is 0 Å². The van der Waals surface area contributed by atoms with E-state index >= 15 is 0 Å². The smallest absolute Gasteiger partial charge is 0 e. The molecular weight excluding hydrogens is 292 g/mol. The molecule has 0 aromatic rings. The minimum absolute atomic E-state index is 0. The summed E-state index contributed by atoms with van der Waals surface area (Å²) in [6.07, 6.45) is 4.50. The Balaban J connectivity index is -0.0000000257. The molecule has 0 rings (SSSR count). The molecule has 0 amide bonds. The summed E-state index contributed by atoms with van der Waals surface area (Å²) >= 11 is 0. The van der Waals surface area contributed by atoms with Crippen molar-refractivity contribution < 1.29 is 21.1 Å². The molecule has 0 aliphatic carbocycles. The second-order valence-corrected chi connectivity index (χ2v) is 1.32. The summed E-state index contributed by atoms with van der Waals surface area (Å²) in [5.41, 5.74) is 0. The van der Waals surface area contributed by atoms with Crippen LogP contribution in [0.3, 0.4) is 0 Å². The van der Waals surface area contributed by atoms with Crippen LogP contribution in [0.25, 0.3) is 0 Å². The maximum Gasteiger partial charge on any atom is 0 e. The van der Waals surface area contributed by atoms with E-state index in [0.29, 0.717) is 0 Å². The molecule has 0 atom stereocenters. The Hall–Kier alpha value is 0.168. The van der Waals surface area contributed by atoms with E-state index in [4.69, 9.17) is 0 Å². The van der Waals surface area contributed by atoms with Crippen LogP contribution in [0.4, 0.5) is 0 Å². The fourth-order valence-corrected chi connectivity index (χ4v) is 0. The molecule has 0 radical (unpaired) electrons. The van der Waals surface area contributed by atoms with Gasteiger partial charge in [-0.3, -0.25) is 0 Å². The standard InChI is InChI=1S/C3H7.2C3H6.W/c3*1-3-2;/h1,3H2,2H3;2*3H,1H2,2H3;/q-1;;;. The quantitative estimate of drug-likeness (QED) is 0.473. The second-order valence-electron chi connectivity index (χ2n) is 1.32. The van der Waals surface area contributed by atoms with Crippen LogP contribution in [0.2, 0.25) is 0 Å². The van der Waals surface area contributed by atoms with Gasteiger partial charge in [-0.05, 0) is 13.8 Å². The van der Waals surface area contributed by atoms with Crippen molar-refractivity contribution in [2.75, 3.05) is 0 Å². The maximum absolute atomic E-state index is 3.49. The average molecular weight is 311 g/mol. The Bertz CT molecular complexity index is 34.0. The number of rotatable bonds is 0. The molecule has 62 valence electrons. The largest absolute Gasteiger partial charge is 0.344 e. The van der Waals surface area contributed by atoms with E-state index < -0.39 is 0 Å². The van der Waals surface area contributed by atoms with E-state index in [-0.39, 0.29) is 21.1 Å². The molecule has 0 saturated carbocycles. The van der Waals surface area contributed by atoms with Crippen LogP contribution < -0.4 is 0 Å². The molecule has 0 nitrogen and oxygen atoms in total. The predicted octanol–water partition coefficient (Wildman–Crippen LogP) is 3.61. The van der Waals surface area contributed by atoms with Crippen molar-refractivity contribution in [3.63, 3.8) is 0 Å². The fourth-order valence-electron chi connectivity index (χ4n) is 0. The van der Waals surface area contributed by atoms with Gasteiger partial charge in [-0.25, -0.2) is 0 Å². The maximum atomic E-state index is 3.49. The van der Waals surface area contributed by atoms with Gasteiger partial charge in [0, 0.05) is 21.1 Å². The summed E-state index contributed by atoms with van der Waals surface area (Å²) < 4.78 is 0. The first-order valence-corrected chi connectivity index (χ1v) is 3.18. The molecule has 1 heteroatoms. The minimum Gasteiger partial charge on any atom is -0.344 e. The Morgan fingerprint density at radius 3 is 1.20 bits per heavy atom. The van der Waals surface area contributed by atoms with Gasteiger partial charge in [-0.1, -0.05) is 19.1 Å². The zero-order chi connectivity index (χ0) is 8.12. The molecule has 0 bridgehead atoms. The second kappa shape index (κ2) is 60.9. The first-order chi connectivity index (χ1) is 4.24. The van der Waals surface area contributed by atoms with Gasteiger partial charge in [0.2, 0.25) is 0 Å². The topological polar surface area (TPSA) is 0 Å². The Kier molecular flexibility index (Phi) is 137. The van der Waals surface area contributed by atoms with Crippen molar-refractivity contribution in [2.45, 2.75) is 27.2 Å². The van der Waals surface area contributed by atoms with Crippen molar-refractivity contribution in [3.05, 3.63) is 32.2 Å². The molecule has 0 saturated heterocycles. The van der Waals surface area contributed by atoms with Crippen molar-refractivity contribution in [3.8, 4) is 0 Å². The van der Waals surface area contributed by atoms with Gasteiger partial charge in [-0.2, -0.15) is 6.42 Å². The van der Waals surface area contributed by atoms with E-state index in [1.165, 1.54) is 0 Å². The molecule has 0 N–H and O–H groups in total. The molecule has 0 heterocycles. The van der Waals surface area contributed by atoms with E-state index in [1.807, 2.05) is 20.8 Å². The van der Waals surface area contributed by atoms with Gasteiger partial charge in [0.25, 0.3) is 0 Å². The van der Waals surface area contributed by atoms with Gasteiger partial charge in [-0.15, -0.1) is 13.2 Å². The van der Waals surface area contributed by atoms with Crippen LogP contribution in [0.15, 0.2) is 25.3 Å². The molecule has 0 unspecified atom stereocenters. The summed E-state index contributed by atoms with van der Waals surface area (Å²) in [4.78, 5) is 0. The van der Waals surface area contributed by atoms with Crippen LogP contribution >= 0.6 is 0 Å². The van der Waals surface area contributed by atoms with Crippen LogP contribution in [-0.2, 0) is 21.1 Å². The van der Waals surface area contributed by atoms with Gasteiger partial charge in [0.15, 0.2) is 0 Å². The van der Waals surface area contributed by atoms with E-state index in [1.54, 1.807) is 12.2 Å². The zero-order valence-electron chi connectivity index (χ0n) is 7.39. The van der Waals surface area contributed by atoms with E-state index in [2.05, 4.69) is 20.1 Å². The molecule has 0 fully saturated rings. The summed E-state index contributed by atoms with van der Waals surface area (Å²) in [6.45, 7) is 16.0. The molecule has 0 aromatic carbocycles. The van der Waals surface area contributed by atoms with Crippen molar-refractivity contribution >= 4 is 0 Å². The molecule has 0 aliphatic heterocycles. The summed E-state index contributed by atoms with van der Waals surface area (Å²) in [5, 5.41) is 0. The van der Waals surface area contributed by atoms with Gasteiger partial charge >= 0.3 is 0 Å². The van der Waals surface area contributed by atoms with Crippen LogP contribution in [0, 0.1) is 6.92 Å². The molecule has 0 spiro atoms. The summed E-state index contributed by atoms with van der Waals surface area (Å²) in [7, 11) is 0. The first-order valence-electron chi connectivity index (χ1n) is 3.18. The van der Waals surface area contributed by atoms with Gasteiger partial charge < -0.3 is 6.92 Å². The minimum atomic E-state index is 0. The summed E-state index contributed by atoms with van der Waals surface area (Å²) in [5.74, 6) is 0. The Morgan fingerprint density at radius 2 is 1.20 bits per heavy atom. The fraction of sp³-hybridized carbons (Fsp3) is 0.444. The first kappa shape index (κ1) is 22.5. The molecule has 0 aromatic heterocycles. The summed E-state index contributed by atoms with van der Waals surface area (Å²) in [6, 6.07) is 0. The third-order valence-electron chi connectivity index (χ3n) is 0. The van der Waals surface area contributed by atoms with E-state index in [9.17, 15) is 0 Å². The molecule has 10 heavy (non-hydrogen) atoms. The monoisotopic (exact) mass is 311 g/mol. The number of hydrogen-bond acceptors (Lipinski definition) is 0.